The van der Waals surface area contributed by atoms with Gasteiger partial charge in [-0.15, -0.1) is 0 Å². The molecule has 166 valence electrons. The number of hydrogen-bond acceptors (Lipinski definition) is 7. The molecule has 0 bridgehead atoms. The Balaban J connectivity index is 1.84. The molecule has 1 aliphatic heterocycles. The number of aromatic amines is 1. The maximum absolute atomic E-state index is 12.4. The highest BCUT2D eigenvalue weighted by Crippen LogP contribution is 2.64. The predicted octanol–water partition coefficient (Wildman–Crippen LogP) is 4.16. The topological polar surface area (TPSA) is 139 Å². The molecule has 2 heterocycles. The van der Waals surface area contributed by atoms with Crippen molar-refractivity contribution in [1.29, 1.82) is 15.8 Å². The molecular weight excluding hydrogens is 446 g/mol. The van der Waals surface area contributed by atoms with Crippen LogP contribution >= 0.6 is 11.3 Å². The molecule has 3 N–H and O–H groups in total. The number of hydrogen-bond donors (Lipinski definition) is 2. The second-order valence-electron chi connectivity index (χ2n) is 8.64. The van der Waals surface area contributed by atoms with Gasteiger partial charge in [-0.25, -0.2) is 0 Å². The number of benzene rings is 2. The third-order valence-corrected chi connectivity index (χ3v) is 8.15. The number of ether oxygens (including phenoxy) is 1. The largest absolute Gasteiger partial charge is 0.423 e. The Labute approximate surface area is 200 Å². The van der Waals surface area contributed by atoms with Crippen LogP contribution in [0.3, 0.4) is 0 Å². The summed E-state index contributed by atoms with van der Waals surface area (Å²) >= 11 is 0.984. The summed E-state index contributed by atoms with van der Waals surface area (Å²) in [7, 11) is 0. The number of allylic oxidation sites excluding steroid dienone is 1. The molecule has 1 fully saturated rings. The van der Waals surface area contributed by atoms with Crippen LogP contribution < -0.4 is 15.3 Å². The number of nitriles is 3. The zero-order valence-corrected chi connectivity index (χ0v) is 18.8. The number of H-pyrrole nitrogens is 1. The van der Waals surface area contributed by atoms with E-state index in [4.69, 9.17) is 10.5 Å². The van der Waals surface area contributed by atoms with Crippen LogP contribution in [0.15, 0.2) is 76.9 Å². The third kappa shape index (κ3) is 2.95. The molecule has 1 aliphatic carbocycles. The van der Waals surface area contributed by atoms with Gasteiger partial charge in [0.15, 0.2) is 5.41 Å². The summed E-state index contributed by atoms with van der Waals surface area (Å²) in [6, 6.07) is 25.8. The Bertz CT molecular complexity index is 1400. The van der Waals surface area contributed by atoms with Crippen LogP contribution in [0.25, 0.3) is 0 Å². The fourth-order valence-corrected chi connectivity index (χ4v) is 6.56. The van der Waals surface area contributed by atoms with Crippen LogP contribution in [0, 0.1) is 39.4 Å². The molecule has 34 heavy (non-hydrogen) atoms. The molecule has 1 spiro atoms. The Morgan fingerprint density at radius 3 is 1.94 bits per heavy atom. The van der Waals surface area contributed by atoms with E-state index in [0.29, 0.717) is 4.88 Å². The van der Waals surface area contributed by atoms with Gasteiger partial charge in [0.05, 0.1) is 22.4 Å². The standard InChI is InChI=1S/C26H19N5O2S/c27-13-20-22(30)33-23-21(34-24(32)31-23)25(20)11-18(16-7-3-1-4-8-16)26(14-28,15-29)19(12-25)17-9-5-2-6-10-17/h1-10,18-19H,11-12,30H2,(H,31,32). The molecule has 2 aromatic carbocycles. The monoisotopic (exact) mass is 465 g/mol. The number of aromatic nitrogens is 1. The van der Waals surface area contributed by atoms with Crippen LogP contribution in [0.4, 0.5) is 0 Å². The molecule has 2 atom stereocenters. The summed E-state index contributed by atoms with van der Waals surface area (Å²) in [5.41, 5.74) is 5.67. The zero-order chi connectivity index (χ0) is 23.9. The lowest BCUT2D eigenvalue weighted by atomic mass is 9.49. The van der Waals surface area contributed by atoms with Gasteiger partial charge >= 0.3 is 4.87 Å². The fraction of sp³-hybridized carbons (Fsp3) is 0.231. The van der Waals surface area contributed by atoms with E-state index in [1.54, 1.807) is 0 Å². The van der Waals surface area contributed by atoms with Gasteiger partial charge in [-0.2, -0.15) is 15.8 Å². The maximum atomic E-state index is 12.4. The molecule has 2 aliphatic rings. The minimum absolute atomic E-state index is 0.0657. The first-order chi connectivity index (χ1) is 16.5. The molecule has 1 saturated carbocycles. The van der Waals surface area contributed by atoms with Crippen molar-refractivity contribution in [2.75, 3.05) is 0 Å². The molecule has 0 radical (unpaired) electrons. The van der Waals surface area contributed by atoms with Crippen LogP contribution in [-0.4, -0.2) is 4.98 Å². The van der Waals surface area contributed by atoms with Gasteiger partial charge in [-0.3, -0.25) is 9.78 Å². The summed E-state index contributed by atoms with van der Waals surface area (Å²) in [6.07, 6.45) is 0.518. The van der Waals surface area contributed by atoms with Crippen LogP contribution in [0.1, 0.15) is 40.7 Å². The smallest absolute Gasteiger partial charge is 0.307 e. The highest BCUT2D eigenvalue weighted by molar-refractivity contribution is 7.09. The number of rotatable bonds is 2. The Morgan fingerprint density at radius 2 is 1.47 bits per heavy atom. The van der Waals surface area contributed by atoms with Gasteiger partial charge in [0.2, 0.25) is 11.8 Å². The molecular formula is C26H19N5O2S. The number of nitrogens with two attached hydrogens (primary N) is 1. The van der Waals surface area contributed by atoms with Crippen LogP contribution in [0.2, 0.25) is 0 Å². The van der Waals surface area contributed by atoms with Gasteiger partial charge in [-0.05, 0) is 24.0 Å². The molecule has 0 amide bonds. The van der Waals surface area contributed by atoms with Crippen molar-refractivity contribution in [2.45, 2.75) is 30.1 Å². The summed E-state index contributed by atoms with van der Waals surface area (Å²) < 4.78 is 5.63. The Kier molecular flexibility index (Phi) is 5.01. The first-order valence-corrected chi connectivity index (χ1v) is 11.5. The molecule has 2 unspecified atom stereocenters. The first-order valence-electron chi connectivity index (χ1n) is 10.7. The van der Waals surface area contributed by atoms with Crippen molar-refractivity contribution in [3.8, 4) is 24.1 Å². The van der Waals surface area contributed by atoms with Crippen LogP contribution in [0.5, 0.6) is 5.88 Å². The second kappa shape index (κ2) is 7.92. The maximum Gasteiger partial charge on any atom is 0.307 e. The van der Waals surface area contributed by atoms with Gasteiger partial charge in [-0.1, -0.05) is 72.0 Å². The molecule has 0 saturated heterocycles. The quantitative estimate of drug-likeness (QED) is 0.582. The zero-order valence-electron chi connectivity index (χ0n) is 18.0. The van der Waals surface area contributed by atoms with Crippen molar-refractivity contribution in [2.24, 2.45) is 11.1 Å². The Hall–Kier alpha value is -4.32. The van der Waals surface area contributed by atoms with E-state index in [9.17, 15) is 20.6 Å². The van der Waals surface area contributed by atoms with Gasteiger partial charge in [0.1, 0.15) is 11.6 Å². The van der Waals surface area contributed by atoms with E-state index < -0.39 is 22.7 Å². The van der Waals surface area contributed by atoms with Crippen molar-refractivity contribution in [3.05, 3.63) is 97.8 Å². The van der Waals surface area contributed by atoms with E-state index in [1.807, 2.05) is 60.7 Å². The lowest BCUT2D eigenvalue weighted by molar-refractivity contribution is 0.168. The summed E-state index contributed by atoms with van der Waals surface area (Å²) in [6.45, 7) is 0. The SMILES string of the molecule is N#CC1=C(N)Oc2[nH]c(=O)sc2C12CC(c1ccccc1)C(C#N)(C#N)C(c1ccccc1)C2. The van der Waals surface area contributed by atoms with Gasteiger partial charge in [0, 0.05) is 11.8 Å². The number of nitrogens with zero attached hydrogens (tertiary/aromatic N) is 3. The van der Waals surface area contributed by atoms with E-state index in [2.05, 4.69) is 23.2 Å². The van der Waals surface area contributed by atoms with E-state index in [0.717, 1.165) is 22.5 Å². The predicted molar refractivity (Wildman–Crippen MR) is 125 cm³/mol. The first kappa shape index (κ1) is 21.5. The highest BCUT2D eigenvalue weighted by atomic mass is 32.1. The fourth-order valence-electron chi connectivity index (χ4n) is 5.58. The average Bonchev–Trinajstić information content (AvgIpc) is 3.25. The number of fused-ring (bicyclic) bond motifs is 2. The Morgan fingerprint density at radius 1 is 0.941 bits per heavy atom. The normalized spacial score (nSPS) is 24.9. The van der Waals surface area contributed by atoms with Crippen molar-refractivity contribution >= 4 is 11.3 Å². The van der Waals surface area contributed by atoms with E-state index in [1.165, 1.54) is 0 Å². The van der Waals surface area contributed by atoms with Gasteiger partial charge < -0.3 is 10.5 Å². The van der Waals surface area contributed by atoms with Crippen molar-refractivity contribution in [3.63, 3.8) is 0 Å². The van der Waals surface area contributed by atoms with Crippen molar-refractivity contribution in [1.82, 2.24) is 4.98 Å². The minimum Gasteiger partial charge on any atom is -0.423 e. The summed E-state index contributed by atoms with van der Waals surface area (Å²) in [4.78, 5) is 15.3. The van der Waals surface area contributed by atoms with Crippen LogP contribution in [-0.2, 0) is 5.41 Å². The molecule has 8 heteroatoms. The third-order valence-electron chi connectivity index (χ3n) is 7.08. The minimum atomic E-state index is -1.40. The summed E-state index contributed by atoms with van der Waals surface area (Å²) in [5, 5.41) is 31.2. The lowest BCUT2D eigenvalue weighted by Crippen LogP contribution is -2.48. The molecule has 5 rings (SSSR count). The molecule has 3 aromatic rings. The summed E-state index contributed by atoms with van der Waals surface area (Å²) in [5.74, 6) is -0.945. The molecule has 7 nitrogen and oxygen atoms in total. The number of nitrogens with one attached hydrogen (secondary N) is 1. The van der Waals surface area contributed by atoms with E-state index in [-0.39, 0.29) is 35.1 Å². The van der Waals surface area contributed by atoms with Crippen molar-refractivity contribution < 1.29 is 4.74 Å². The van der Waals surface area contributed by atoms with E-state index >= 15 is 0 Å². The highest BCUT2D eigenvalue weighted by Gasteiger charge is 2.61. The second-order valence-corrected chi connectivity index (χ2v) is 9.62. The lowest BCUT2D eigenvalue weighted by Gasteiger charge is -2.51. The number of thiazole rings is 1. The van der Waals surface area contributed by atoms with Gasteiger partial charge in [0.25, 0.3) is 0 Å². The molecule has 1 aromatic heterocycles. The average molecular weight is 466 g/mol.